The Balaban J connectivity index is 1.59. The van der Waals surface area contributed by atoms with Gasteiger partial charge in [0.25, 0.3) is 0 Å². The molecule has 152 valence electrons. The van der Waals surface area contributed by atoms with Crippen molar-refractivity contribution in [3.05, 3.63) is 59.2 Å². The van der Waals surface area contributed by atoms with Gasteiger partial charge in [-0.1, -0.05) is 42.0 Å². The number of ether oxygens (including phenoxy) is 2. The van der Waals surface area contributed by atoms with E-state index in [0.29, 0.717) is 6.61 Å². The third kappa shape index (κ3) is 3.08. The normalized spacial score (nSPS) is 22.7. The minimum atomic E-state index is -0.399. The summed E-state index contributed by atoms with van der Waals surface area (Å²) in [6.45, 7) is 6.79. The van der Waals surface area contributed by atoms with E-state index in [0.717, 1.165) is 49.6 Å². The van der Waals surface area contributed by atoms with Crippen LogP contribution in [-0.4, -0.2) is 48.1 Å². The first-order valence-corrected chi connectivity index (χ1v) is 10.7. The topological polar surface area (TPSA) is 37.3 Å². The molecule has 5 rings (SSSR count). The number of piperidine rings is 1. The molecule has 2 aromatic rings. The van der Waals surface area contributed by atoms with Gasteiger partial charge in [0.2, 0.25) is 5.72 Å². The number of para-hydroxylation sites is 1. The summed E-state index contributed by atoms with van der Waals surface area (Å²) in [6.07, 6.45) is 2.77. The molecule has 0 unspecified atom stereocenters. The Labute approximate surface area is 172 Å². The van der Waals surface area contributed by atoms with Gasteiger partial charge in [0.1, 0.15) is 0 Å². The lowest BCUT2D eigenvalue weighted by Gasteiger charge is -2.51. The third-order valence-electron chi connectivity index (χ3n) is 6.44. The summed E-state index contributed by atoms with van der Waals surface area (Å²) in [5, 5.41) is 7.42. The number of hydrogen-bond donors (Lipinski definition) is 0. The maximum Gasteiger partial charge on any atom is 0.200 e. The van der Waals surface area contributed by atoms with Crippen LogP contribution in [0.3, 0.4) is 0 Å². The summed E-state index contributed by atoms with van der Waals surface area (Å²) in [6, 6.07) is 15.2. The Bertz CT molecular complexity index is 930. The van der Waals surface area contributed by atoms with Crippen molar-refractivity contribution in [1.82, 2.24) is 9.91 Å². The summed E-state index contributed by atoms with van der Waals surface area (Å²) in [4.78, 5) is 2.37. The number of fused-ring (bicyclic) bond motifs is 4. The third-order valence-corrected chi connectivity index (χ3v) is 6.44. The van der Waals surface area contributed by atoms with E-state index in [1.54, 1.807) is 0 Å². The Morgan fingerprint density at radius 3 is 2.62 bits per heavy atom. The zero-order valence-corrected chi connectivity index (χ0v) is 17.5. The maximum absolute atomic E-state index is 6.78. The Morgan fingerprint density at radius 1 is 1.14 bits per heavy atom. The molecule has 0 amide bonds. The van der Waals surface area contributed by atoms with E-state index < -0.39 is 5.72 Å². The highest BCUT2D eigenvalue weighted by Crippen LogP contribution is 2.52. The Hall–Kier alpha value is -2.53. The van der Waals surface area contributed by atoms with Crippen molar-refractivity contribution in [3.8, 4) is 11.5 Å². The van der Waals surface area contributed by atoms with Gasteiger partial charge >= 0.3 is 0 Å². The second kappa shape index (κ2) is 7.06. The number of benzene rings is 2. The standard InChI is InChI=1S/C24H29N3O2/c1-4-28-22-7-5-6-19-21-16-20(18-10-8-17(2)9-11-18)25-27(21)24(29-23(19)22)12-14-26(3)15-13-24/h5-11,21H,4,12-16H2,1-3H3/t21-/m1/s1. The molecule has 1 atom stereocenters. The van der Waals surface area contributed by atoms with Crippen molar-refractivity contribution < 1.29 is 9.47 Å². The van der Waals surface area contributed by atoms with Gasteiger partial charge in [-0.15, -0.1) is 0 Å². The highest BCUT2D eigenvalue weighted by molar-refractivity contribution is 6.02. The molecule has 3 aliphatic heterocycles. The van der Waals surface area contributed by atoms with Gasteiger partial charge in [0.15, 0.2) is 11.5 Å². The van der Waals surface area contributed by atoms with E-state index in [4.69, 9.17) is 14.6 Å². The van der Waals surface area contributed by atoms with Crippen molar-refractivity contribution in [2.75, 3.05) is 26.7 Å². The van der Waals surface area contributed by atoms with Crippen LogP contribution in [0, 0.1) is 6.92 Å². The van der Waals surface area contributed by atoms with Crippen LogP contribution in [0.4, 0.5) is 0 Å². The van der Waals surface area contributed by atoms with E-state index in [9.17, 15) is 0 Å². The molecule has 29 heavy (non-hydrogen) atoms. The summed E-state index contributed by atoms with van der Waals surface area (Å²) < 4.78 is 12.7. The van der Waals surface area contributed by atoms with Gasteiger partial charge in [0.05, 0.1) is 18.4 Å². The molecule has 0 aromatic heterocycles. The van der Waals surface area contributed by atoms with Crippen LogP contribution < -0.4 is 9.47 Å². The molecular weight excluding hydrogens is 362 g/mol. The molecule has 2 aromatic carbocycles. The molecule has 3 aliphatic rings. The minimum Gasteiger partial charge on any atom is -0.490 e. The smallest absolute Gasteiger partial charge is 0.200 e. The van der Waals surface area contributed by atoms with Gasteiger partial charge in [-0.3, -0.25) is 0 Å². The first kappa shape index (κ1) is 18.5. The lowest BCUT2D eigenvalue weighted by atomic mass is 9.90. The molecular formula is C24H29N3O2. The van der Waals surface area contributed by atoms with Crippen molar-refractivity contribution in [3.63, 3.8) is 0 Å². The SMILES string of the molecule is CCOc1cccc2c1OC1(CCN(C)CC1)N1N=C(c3ccc(C)cc3)C[C@H]21. The molecule has 1 spiro atoms. The van der Waals surface area contributed by atoms with Gasteiger partial charge < -0.3 is 14.4 Å². The number of nitrogens with zero attached hydrogens (tertiary/aromatic N) is 3. The quantitative estimate of drug-likeness (QED) is 0.779. The fourth-order valence-corrected chi connectivity index (χ4v) is 4.76. The number of hydrazone groups is 1. The molecule has 0 radical (unpaired) electrons. The lowest BCUT2D eigenvalue weighted by Crippen LogP contribution is -2.58. The zero-order valence-electron chi connectivity index (χ0n) is 17.5. The van der Waals surface area contributed by atoms with E-state index in [1.165, 1.54) is 16.7 Å². The summed E-state index contributed by atoms with van der Waals surface area (Å²) in [7, 11) is 2.18. The number of likely N-dealkylation sites (tertiary alicyclic amines) is 1. The Morgan fingerprint density at radius 2 is 1.90 bits per heavy atom. The fourth-order valence-electron chi connectivity index (χ4n) is 4.76. The number of rotatable bonds is 3. The second-order valence-electron chi connectivity index (χ2n) is 8.44. The van der Waals surface area contributed by atoms with Crippen LogP contribution in [0.25, 0.3) is 0 Å². The van der Waals surface area contributed by atoms with Crippen LogP contribution in [0.2, 0.25) is 0 Å². The highest BCUT2D eigenvalue weighted by atomic mass is 16.6. The molecule has 1 fully saturated rings. The monoisotopic (exact) mass is 391 g/mol. The van der Waals surface area contributed by atoms with Crippen molar-refractivity contribution in [2.24, 2.45) is 5.10 Å². The fraction of sp³-hybridized carbons (Fsp3) is 0.458. The molecule has 3 heterocycles. The molecule has 5 heteroatoms. The highest BCUT2D eigenvalue weighted by Gasteiger charge is 2.52. The summed E-state index contributed by atoms with van der Waals surface area (Å²) >= 11 is 0. The predicted octanol–water partition coefficient (Wildman–Crippen LogP) is 4.36. The molecule has 1 saturated heterocycles. The van der Waals surface area contributed by atoms with E-state index in [-0.39, 0.29) is 6.04 Å². The summed E-state index contributed by atoms with van der Waals surface area (Å²) in [5.41, 5.74) is 4.41. The molecule has 0 N–H and O–H groups in total. The number of hydrogen-bond acceptors (Lipinski definition) is 5. The van der Waals surface area contributed by atoms with Crippen LogP contribution >= 0.6 is 0 Å². The van der Waals surface area contributed by atoms with Gasteiger partial charge in [-0.2, -0.15) is 5.10 Å². The van der Waals surface area contributed by atoms with Gasteiger partial charge in [0, 0.05) is 37.9 Å². The van der Waals surface area contributed by atoms with Crippen LogP contribution in [0.15, 0.2) is 47.6 Å². The van der Waals surface area contributed by atoms with Crippen LogP contribution in [0.5, 0.6) is 11.5 Å². The van der Waals surface area contributed by atoms with Crippen LogP contribution in [-0.2, 0) is 0 Å². The molecule has 5 nitrogen and oxygen atoms in total. The van der Waals surface area contributed by atoms with E-state index in [1.807, 2.05) is 13.0 Å². The number of aryl methyl sites for hydroxylation is 1. The largest absolute Gasteiger partial charge is 0.490 e. The maximum atomic E-state index is 6.78. The zero-order chi connectivity index (χ0) is 20.0. The average Bonchev–Trinajstić information content (AvgIpc) is 3.18. The van der Waals surface area contributed by atoms with E-state index >= 15 is 0 Å². The van der Waals surface area contributed by atoms with E-state index in [2.05, 4.69) is 60.3 Å². The van der Waals surface area contributed by atoms with Crippen molar-refractivity contribution >= 4 is 5.71 Å². The second-order valence-corrected chi connectivity index (χ2v) is 8.44. The molecule has 0 bridgehead atoms. The average molecular weight is 392 g/mol. The predicted molar refractivity (Wildman–Crippen MR) is 115 cm³/mol. The minimum absolute atomic E-state index is 0.193. The lowest BCUT2D eigenvalue weighted by molar-refractivity contribution is -0.148. The Kier molecular flexibility index (Phi) is 4.50. The van der Waals surface area contributed by atoms with Gasteiger partial charge in [-0.25, -0.2) is 5.01 Å². The van der Waals surface area contributed by atoms with Crippen molar-refractivity contribution in [1.29, 1.82) is 0 Å². The van der Waals surface area contributed by atoms with Crippen molar-refractivity contribution in [2.45, 2.75) is 44.9 Å². The first-order valence-electron chi connectivity index (χ1n) is 10.7. The first-order chi connectivity index (χ1) is 14.1. The van der Waals surface area contributed by atoms with Gasteiger partial charge in [-0.05, 0) is 32.5 Å². The summed E-state index contributed by atoms with van der Waals surface area (Å²) in [5.74, 6) is 1.77. The van der Waals surface area contributed by atoms with Crippen LogP contribution in [0.1, 0.15) is 48.9 Å². The molecule has 0 saturated carbocycles. The molecule has 0 aliphatic carbocycles.